The molecular weight excluding hydrogens is 495 g/mol. The van der Waals surface area contributed by atoms with Gasteiger partial charge in [-0.05, 0) is 60.2 Å². The van der Waals surface area contributed by atoms with E-state index >= 15 is 0 Å². The molecule has 1 aliphatic rings. The zero-order valence-electron chi connectivity index (χ0n) is 20.1. The number of hydrogen-bond acceptors (Lipinski definition) is 5. The maximum atomic E-state index is 12.3. The summed E-state index contributed by atoms with van der Waals surface area (Å²) in [5.41, 5.74) is -0.889. The number of amides is 1. The van der Waals surface area contributed by atoms with Crippen LogP contribution in [0.25, 0.3) is 0 Å². The van der Waals surface area contributed by atoms with Crippen LogP contribution < -0.4 is 16.0 Å². The Balaban J connectivity index is 0.00000841. The number of carbonyl (C=O) groups is 1. The molecule has 0 aliphatic carbocycles. The molecule has 0 aromatic carbocycles. The van der Waals surface area contributed by atoms with Gasteiger partial charge in [-0.1, -0.05) is 13.8 Å². The van der Waals surface area contributed by atoms with Crippen LogP contribution in [0.3, 0.4) is 0 Å². The third-order valence-corrected chi connectivity index (χ3v) is 5.47. The van der Waals surface area contributed by atoms with Crippen LogP contribution in [0.1, 0.15) is 53.9 Å². The minimum Gasteiger partial charge on any atom is -0.444 e. The van der Waals surface area contributed by atoms with Crippen LogP contribution in [0, 0.1) is 0 Å². The van der Waals surface area contributed by atoms with Gasteiger partial charge in [-0.15, -0.1) is 24.0 Å². The molecule has 0 radical (unpaired) electrons. The molecule has 0 aromatic rings. The number of ether oxygens (including phenoxy) is 1. The molecule has 0 saturated carbocycles. The quantitative estimate of drug-likeness (QED) is 0.250. The second-order valence-corrected chi connectivity index (χ2v) is 8.97. The van der Waals surface area contributed by atoms with E-state index in [-0.39, 0.29) is 35.6 Å². The standard InChI is InChI=1S/C21H44N6O2.HI/c1-8-21(9-2,25-19(28)29-20(3,4)5)17-24-18(22-6)23-11-14-27-13-10-12-26(7)15-16-27;/h8-17H2,1-7H3,(H,25,28)(H2,22,23,24);1H. The molecule has 1 rings (SSSR count). The van der Waals surface area contributed by atoms with Crippen LogP contribution >= 0.6 is 24.0 Å². The number of hydrogen-bond donors (Lipinski definition) is 3. The molecular formula is C21H45IN6O2. The van der Waals surface area contributed by atoms with Crippen molar-refractivity contribution in [3.05, 3.63) is 0 Å². The van der Waals surface area contributed by atoms with E-state index in [0.29, 0.717) is 6.54 Å². The molecule has 1 amide bonds. The Hall–Kier alpha value is -0.810. The number of aliphatic imine (C=N–C) groups is 1. The van der Waals surface area contributed by atoms with Gasteiger partial charge < -0.3 is 30.5 Å². The lowest BCUT2D eigenvalue weighted by Gasteiger charge is -2.34. The van der Waals surface area contributed by atoms with Gasteiger partial charge in [-0.2, -0.15) is 0 Å². The molecule has 9 heteroatoms. The highest BCUT2D eigenvalue weighted by molar-refractivity contribution is 14.0. The van der Waals surface area contributed by atoms with Gasteiger partial charge in [0.2, 0.25) is 0 Å². The van der Waals surface area contributed by atoms with E-state index in [1.807, 2.05) is 20.8 Å². The highest BCUT2D eigenvalue weighted by Gasteiger charge is 2.30. The molecule has 1 fully saturated rings. The van der Waals surface area contributed by atoms with Crippen molar-refractivity contribution in [1.82, 2.24) is 25.8 Å². The lowest BCUT2D eigenvalue weighted by Crippen LogP contribution is -2.57. The van der Waals surface area contributed by atoms with Crippen molar-refractivity contribution in [3.8, 4) is 0 Å². The van der Waals surface area contributed by atoms with Crippen LogP contribution in [-0.4, -0.2) is 92.9 Å². The Morgan fingerprint density at radius 3 is 2.30 bits per heavy atom. The molecule has 0 atom stereocenters. The molecule has 0 aromatic heterocycles. The molecule has 1 saturated heterocycles. The lowest BCUT2D eigenvalue weighted by atomic mass is 9.93. The summed E-state index contributed by atoms with van der Waals surface area (Å²) in [5.74, 6) is 0.759. The molecule has 3 N–H and O–H groups in total. The van der Waals surface area contributed by atoms with Gasteiger partial charge in [0.1, 0.15) is 5.60 Å². The van der Waals surface area contributed by atoms with Crippen LogP contribution in [0.15, 0.2) is 4.99 Å². The molecule has 1 aliphatic heterocycles. The summed E-state index contributed by atoms with van der Waals surface area (Å²) in [4.78, 5) is 21.5. The SMILES string of the molecule is CCC(CC)(CNC(=NC)NCCN1CCCN(C)CC1)NC(=O)OC(C)(C)C.I. The second-order valence-electron chi connectivity index (χ2n) is 8.97. The summed E-state index contributed by atoms with van der Waals surface area (Å²) in [6.45, 7) is 16.8. The van der Waals surface area contributed by atoms with E-state index in [1.165, 1.54) is 13.0 Å². The van der Waals surface area contributed by atoms with Crippen LogP contribution in [0.5, 0.6) is 0 Å². The number of guanidine groups is 1. The molecule has 30 heavy (non-hydrogen) atoms. The predicted octanol–water partition coefficient (Wildman–Crippen LogP) is 2.49. The Bertz CT molecular complexity index is 520. The average molecular weight is 541 g/mol. The third kappa shape index (κ3) is 11.5. The molecule has 1 heterocycles. The van der Waals surface area contributed by atoms with E-state index in [2.05, 4.69) is 51.6 Å². The van der Waals surface area contributed by atoms with Crippen molar-refractivity contribution in [3.63, 3.8) is 0 Å². The van der Waals surface area contributed by atoms with Gasteiger partial charge in [0.05, 0.1) is 5.54 Å². The molecule has 178 valence electrons. The number of nitrogens with one attached hydrogen (secondary N) is 3. The van der Waals surface area contributed by atoms with E-state index in [0.717, 1.165) is 51.5 Å². The number of alkyl carbamates (subject to hydrolysis) is 1. The lowest BCUT2D eigenvalue weighted by molar-refractivity contribution is 0.0448. The fourth-order valence-electron chi connectivity index (χ4n) is 3.37. The first-order valence-electron chi connectivity index (χ1n) is 11.0. The fraction of sp³-hybridized carbons (Fsp3) is 0.905. The largest absolute Gasteiger partial charge is 0.444 e. The van der Waals surface area contributed by atoms with Crippen molar-refractivity contribution in [2.45, 2.75) is 65.0 Å². The molecule has 0 bridgehead atoms. The Labute approximate surface area is 201 Å². The highest BCUT2D eigenvalue weighted by atomic mass is 127. The van der Waals surface area contributed by atoms with Gasteiger partial charge >= 0.3 is 6.09 Å². The van der Waals surface area contributed by atoms with Gasteiger partial charge in [0, 0.05) is 39.8 Å². The first-order chi connectivity index (χ1) is 13.6. The predicted molar refractivity (Wildman–Crippen MR) is 136 cm³/mol. The first kappa shape index (κ1) is 29.2. The molecule has 8 nitrogen and oxygen atoms in total. The first-order valence-corrected chi connectivity index (χ1v) is 11.0. The Morgan fingerprint density at radius 1 is 1.07 bits per heavy atom. The van der Waals surface area contributed by atoms with Crippen molar-refractivity contribution in [1.29, 1.82) is 0 Å². The van der Waals surface area contributed by atoms with E-state index in [4.69, 9.17) is 4.74 Å². The third-order valence-electron chi connectivity index (χ3n) is 5.47. The number of carbonyl (C=O) groups excluding carboxylic acids is 1. The Morgan fingerprint density at radius 2 is 1.73 bits per heavy atom. The fourth-order valence-corrected chi connectivity index (χ4v) is 3.37. The number of halogens is 1. The summed E-state index contributed by atoms with van der Waals surface area (Å²) in [7, 11) is 3.96. The monoisotopic (exact) mass is 540 g/mol. The van der Waals surface area contributed by atoms with Crippen molar-refractivity contribution >= 4 is 36.0 Å². The molecule has 0 spiro atoms. The van der Waals surface area contributed by atoms with Crippen molar-refractivity contribution in [2.24, 2.45) is 4.99 Å². The van der Waals surface area contributed by atoms with Gasteiger partial charge in [0.15, 0.2) is 5.96 Å². The number of rotatable bonds is 8. The zero-order chi connectivity index (χ0) is 21.9. The maximum absolute atomic E-state index is 12.3. The summed E-state index contributed by atoms with van der Waals surface area (Å²) in [5, 5.41) is 9.85. The number of nitrogens with zero attached hydrogens (tertiary/aromatic N) is 3. The van der Waals surface area contributed by atoms with E-state index in [1.54, 1.807) is 7.05 Å². The smallest absolute Gasteiger partial charge is 0.408 e. The van der Waals surface area contributed by atoms with Crippen LogP contribution in [0.4, 0.5) is 4.79 Å². The van der Waals surface area contributed by atoms with Crippen molar-refractivity contribution < 1.29 is 9.53 Å². The Kier molecular flexibility index (Phi) is 13.9. The highest BCUT2D eigenvalue weighted by Crippen LogP contribution is 2.16. The topological polar surface area (TPSA) is 81.2 Å². The second kappa shape index (κ2) is 14.3. The maximum Gasteiger partial charge on any atom is 0.408 e. The minimum atomic E-state index is -0.509. The summed E-state index contributed by atoms with van der Waals surface area (Å²) in [6.07, 6.45) is 2.44. The van der Waals surface area contributed by atoms with Gasteiger partial charge in [-0.3, -0.25) is 4.99 Å². The van der Waals surface area contributed by atoms with Gasteiger partial charge in [0.25, 0.3) is 0 Å². The van der Waals surface area contributed by atoms with Gasteiger partial charge in [-0.25, -0.2) is 4.79 Å². The van der Waals surface area contributed by atoms with E-state index < -0.39 is 5.60 Å². The summed E-state index contributed by atoms with van der Waals surface area (Å²) in [6, 6.07) is 0. The minimum absolute atomic E-state index is 0. The zero-order valence-corrected chi connectivity index (χ0v) is 22.5. The van der Waals surface area contributed by atoms with Crippen molar-refractivity contribution in [2.75, 3.05) is 59.9 Å². The summed E-state index contributed by atoms with van der Waals surface area (Å²) >= 11 is 0. The average Bonchev–Trinajstić information content (AvgIpc) is 2.86. The van der Waals surface area contributed by atoms with E-state index in [9.17, 15) is 4.79 Å². The van der Waals surface area contributed by atoms with Crippen LogP contribution in [0.2, 0.25) is 0 Å². The summed E-state index contributed by atoms with van der Waals surface area (Å²) < 4.78 is 5.45. The molecule has 0 unspecified atom stereocenters. The number of likely N-dealkylation sites (N-methyl/N-ethyl adjacent to an activating group) is 1. The normalized spacial score (nSPS) is 17.0. The van der Waals surface area contributed by atoms with Crippen LogP contribution in [-0.2, 0) is 4.74 Å².